The van der Waals surface area contributed by atoms with Crippen LogP contribution in [0.5, 0.6) is 0 Å². The molecule has 1 saturated heterocycles. The SMILES string of the molecule is [N-]=[N+]=NCC1CC(=O)N(Cc2csc3ccccc23)C1. The Labute approximate surface area is 120 Å². The van der Waals surface area contributed by atoms with E-state index in [9.17, 15) is 4.79 Å². The van der Waals surface area contributed by atoms with E-state index < -0.39 is 0 Å². The van der Waals surface area contributed by atoms with Gasteiger partial charge < -0.3 is 4.90 Å². The molecule has 2 aromatic rings. The zero-order chi connectivity index (χ0) is 13.9. The van der Waals surface area contributed by atoms with Gasteiger partial charge in [0.25, 0.3) is 0 Å². The van der Waals surface area contributed by atoms with Gasteiger partial charge in [-0.05, 0) is 33.8 Å². The Balaban J connectivity index is 1.74. The lowest BCUT2D eigenvalue weighted by Crippen LogP contribution is -2.24. The number of thiophene rings is 1. The molecular formula is C14H14N4OS. The van der Waals surface area contributed by atoms with E-state index in [0.717, 1.165) is 0 Å². The molecule has 20 heavy (non-hydrogen) atoms. The fourth-order valence-electron chi connectivity index (χ4n) is 2.64. The number of carbonyl (C=O) groups is 1. The summed E-state index contributed by atoms with van der Waals surface area (Å²) in [5.74, 6) is 0.307. The van der Waals surface area contributed by atoms with E-state index in [1.165, 1.54) is 15.6 Å². The Morgan fingerprint density at radius 3 is 3.15 bits per heavy atom. The number of fused-ring (bicyclic) bond motifs is 1. The highest BCUT2D eigenvalue weighted by atomic mass is 32.1. The molecule has 1 unspecified atom stereocenters. The lowest BCUT2D eigenvalue weighted by molar-refractivity contribution is -0.128. The topological polar surface area (TPSA) is 69.1 Å². The molecule has 1 aromatic heterocycles. The number of nitrogens with zero attached hydrogens (tertiary/aromatic N) is 4. The zero-order valence-corrected chi connectivity index (χ0v) is 11.7. The van der Waals surface area contributed by atoms with Crippen molar-refractivity contribution in [3.05, 3.63) is 45.7 Å². The van der Waals surface area contributed by atoms with Crippen LogP contribution in [0.2, 0.25) is 0 Å². The molecule has 6 heteroatoms. The molecular weight excluding hydrogens is 272 g/mol. The lowest BCUT2D eigenvalue weighted by atomic mass is 10.1. The summed E-state index contributed by atoms with van der Waals surface area (Å²) in [6, 6.07) is 8.24. The second-order valence-corrected chi connectivity index (χ2v) is 5.93. The maximum atomic E-state index is 12.0. The average Bonchev–Trinajstić information content (AvgIpc) is 3.02. The average molecular weight is 286 g/mol. The first kappa shape index (κ1) is 13.0. The van der Waals surface area contributed by atoms with Crippen molar-refractivity contribution in [3.8, 4) is 0 Å². The summed E-state index contributed by atoms with van der Waals surface area (Å²) in [4.78, 5) is 16.6. The Morgan fingerprint density at radius 1 is 1.45 bits per heavy atom. The summed E-state index contributed by atoms with van der Waals surface area (Å²) in [5, 5.41) is 6.92. The Kier molecular flexibility index (Phi) is 3.58. The number of rotatable bonds is 4. The van der Waals surface area contributed by atoms with Gasteiger partial charge in [0.05, 0.1) is 0 Å². The van der Waals surface area contributed by atoms with E-state index in [-0.39, 0.29) is 11.8 Å². The first-order valence-electron chi connectivity index (χ1n) is 6.51. The summed E-state index contributed by atoms with van der Waals surface area (Å²) >= 11 is 1.71. The molecule has 0 bridgehead atoms. The largest absolute Gasteiger partial charge is 0.338 e. The quantitative estimate of drug-likeness (QED) is 0.481. The van der Waals surface area contributed by atoms with Crippen LogP contribution in [0.1, 0.15) is 12.0 Å². The standard InChI is InChI=1S/C14H14N4OS/c15-17-16-6-10-5-14(19)18(7-10)8-11-9-20-13-4-2-1-3-12(11)13/h1-4,9-10H,5-8H2. The van der Waals surface area contributed by atoms with Crippen LogP contribution in [0, 0.1) is 5.92 Å². The minimum Gasteiger partial charge on any atom is -0.338 e. The molecule has 0 N–H and O–H groups in total. The molecule has 1 amide bonds. The number of likely N-dealkylation sites (tertiary alicyclic amines) is 1. The monoisotopic (exact) mass is 286 g/mol. The minimum absolute atomic E-state index is 0.151. The van der Waals surface area contributed by atoms with Crippen LogP contribution in [0.25, 0.3) is 20.5 Å². The number of azide groups is 1. The zero-order valence-electron chi connectivity index (χ0n) is 10.9. The van der Waals surface area contributed by atoms with Crippen LogP contribution in [0.3, 0.4) is 0 Å². The van der Waals surface area contributed by atoms with Gasteiger partial charge in [-0.25, -0.2) is 0 Å². The predicted octanol–water partition coefficient (Wildman–Crippen LogP) is 3.56. The van der Waals surface area contributed by atoms with Crippen LogP contribution in [-0.2, 0) is 11.3 Å². The summed E-state index contributed by atoms with van der Waals surface area (Å²) in [6.07, 6.45) is 0.487. The highest BCUT2D eigenvalue weighted by Gasteiger charge is 2.29. The van der Waals surface area contributed by atoms with Gasteiger partial charge in [-0.1, -0.05) is 23.3 Å². The molecule has 102 valence electrons. The van der Waals surface area contributed by atoms with Gasteiger partial charge in [-0.15, -0.1) is 11.3 Å². The van der Waals surface area contributed by atoms with Crippen LogP contribution >= 0.6 is 11.3 Å². The first-order valence-corrected chi connectivity index (χ1v) is 7.39. The molecule has 0 spiro atoms. The third-order valence-corrected chi connectivity index (χ3v) is 4.63. The molecule has 1 atom stereocenters. The van der Waals surface area contributed by atoms with Crippen molar-refractivity contribution in [2.24, 2.45) is 11.0 Å². The Bertz CT molecular complexity index is 689. The van der Waals surface area contributed by atoms with Crippen LogP contribution in [-0.4, -0.2) is 23.9 Å². The normalized spacial score (nSPS) is 18.5. The van der Waals surface area contributed by atoms with Gasteiger partial charge in [0, 0.05) is 35.7 Å². The fraction of sp³-hybridized carbons (Fsp3) is 0.357. The van der Waals surface area contributed by atoms with E-state index in [4.69, 9.17) is 5.53 Å². The van der Waals surface area contributed by atoms with Crippen molar-refractivity contribution in [1.82, 2.24) is 4.90 Å². The minimum atomic E-state index is 0.151. The molecule has 2 heterocycles. The van der Waals surface area contributed by atoms with Crippen molar-refractivity contribution >= 4 is 27.3 Å². The summed E-state index contributed by atoms with van der Waals surface area (Å²) in [7, 11) is 0. The first-order chi connectivity index (χ1) is 9.78. The molecule has 1 aliphatic heterocycles. The lowest BCUT2D eigenvalue weighted by Gasteiger charge is -2.15. The number of hydrogen-bond donors (Lipinski definition) is 0. The smallest absolute Gasteiger partial charge is 0.223 e. The van der Waals surface area contributed by atoms with E-state index >= 15 is 0 Å². The maximum Gasteiger partial charge on any atom is 0.223 e. The van der Waals surface area contributed by atoms with Gasteiger partial charge in [0.1, 0.15) is 0 Å². The van der Waals surface area contributed by atoms with Gasteiger partial charge in [-0.3, -0.25) is 4.79 Å². The van der Waals surface area contributed by atoms with Gasteiger partial charge in [-0.2, -0.15) is 0 Å². The van der Waals surface area contributed by atoms with Crippen molar-refractivity contribution < 1.29 is 4.79 Å². The Hall–Kier alpha value is -2.04. The van der Waals surface area contributed by atoms with Crippen LogP contribution < -0.4 is 0 Å². The molecule has 3 rings (SSSR count). The highest BCUT2D eigenvalue weighted by molar-refractivity contribution is 7.17. The third kappa shape index (κ3) is 2.48. The molecule has 1 aromatic carbocycles. The Morgan fingerprint density at radius 2 is 2.30 bits per heavy atom. The third-order valence-electron chi connectivity index (χ3n) is 3.62. The molecule has 1 aliphatic rings. The number of carbonyl (C=O) groups excluding carboxylic acids is 1. The summed E-state index contributed by atoms with van der Waals surface area (Å²) in [5.41, 5.74) is 9.54. The number of benzene rings is 1. The van der Waals surface area contributed by atoms with Crippen molar-refractivity contribution in [2.45, 2.75) is 13.0 Å². The molecule has 0 saturated carbocycles. The molecule has 0 radical (unpaired) electrons. The second kappa shape index (κ2) is 5.53. The van der Waals surface area contributed by atoms with E-state index in [2.05, 4.69) is 27.5 Å². The molecule has 1 fully saturated rings. The van der Waals surface area contributed by atoms with Gasteiger partial charge >= 0.3 is 0 Å². The van der Waals surface area contributed by atoms with Crippen molar-refractivity contribution in [3.63, 3.8) is 0 Å². The van der Waals surface area contributed by atoms with Gasteiger partial charge in [0.2, 0.25) is 5.91 Å². The second-order valence-electron chi connectivity index (χ2n) is 5.01. The van der Waals surface area contributed by atoms with Crippen LogP contribution in [0.15, 0.2) is 34.8 Å². The number of hydrogen-bond acceptors (Lipinski definition) is 3. The predicted molar refractivity (Wildman–Crippen MR) is 79.4 cm³/mol. The molecule has 0 aliphatic carbocycles. The van der Waals surface area contributed by atoms with Crippen molar-refractivity contribution in [2.75, 3.05) is 13.1 Å². The van der Waals surface area contributed by atoms with E-state index in [0.29, 0.717) is 26.1 Å². The van der Waals surface area contributed by atoms with Crippen LogP contribution in [0.4, 0.5) is 0 Å². The van der Waals surface area contributed by atoms with Gasteiger partial charge in [0.15, 0.2) is 0 Å². The molecule has 5 nitrogen and oxygen atoms in total. The van der Waals surface area contributed by atoms with E-state index in [1.807, 2.05) is 17.0 Å². The van der Waals surface area contributed by atoms with Crippen molar-refractivity contribution in [1.29, 1.82) is 0 Å². The number of amides is 1. The highest BCUT2D eigenvalue weighted by Crippen LogP contribution is 2.28. The summed E-state index contributed by atoms with van der Waals surface area (Å²) in [6.45, 7) is 1.74. The maximum absolute atomic E-state index is 12.0. The fourth-order valence-corrected chi connectivity index (χ4v) is 3.60. The van der Waals surface area contributed by atoms with E-state index in [1.54, 1.807) is 11.3 Å². The summed E-state index contributed by atoms with van der Waals surface area (Å²) < 4.78 is 1.25.